The number of fused-ring (bicyclic) bond motifs is 1. The molecule has 4 aromatic rings. The molecule has 0 aliphatic carbocycles. The molecule has 2 aromatic heterocycles. The first-order valence-electron chi connectivity index (χ1n) is 10.5. The summed E-state index contributed by atoms with van der Waals surface area (Å²) >= 11 is 1.28. The van der Waals surface area contributed by atoms with E-state index in [1.807, 2.05) is 63.2 Å². The minimum absolute atomic E-state index is 0.160. The number of hydrogen-bond acceptors (Lipinski definition) is 4. The molecule has 0 fully saturated rings. The molecular formula is C25H25N3O3S. The Labute approximate surface area is 189 Å². The highest BCUT2D eigenvalue weighted by atomic mass is 32.1. The molecule has 1 amide bonds. The summed E-state index contributed by atoms with van der Waals surface area (Å²) in [7, 11) is 0. The van der Waals surface area contributed by atoms with Gasteiger partial charge in [0.2, 0.25) is 5.91 Å². The van der Waals surface area contributed by atoms with Crippen LogP contribution < -0.4 is 16.6 Å². The molecule has 7 heteroatoms. The van der Waals surface area contributed by atoms with Crippen LogP contribution in [0.5, 0.6) is 0 Å². The number of nitrogens with zero attached hydrogens (tertiary/aromatic N) is 2. The number of carbonyl (C=O) groups excluding carboxylic acids is 1. The maximum absolute atomic E-state index is 13.3. The number of amides is 1. The molecule has 1 N–H and O–H groups in total. The van der Waals surface area contributed by atoms with Gasteiger partial charge in [0.1, 0.15) is 11.2 Å². The molecule has 0 atom stereocenters. The highest BCUT2D eigenvalue weighted by Gasteiger charge is 2.17. The summed E-state index contributed by atoms with van der Waals surface area (Å²) in [4.78, 5) is 39.1. The molecule has 164 valence electrons. The van der Waals surface area contributed by atoms with Crippen LogP contribution in [0.15, 0.2) is 63.5 Å². The van der Waals surface area contributed by atoms with Gasteiger partial charge in [0.25, 0.3) is 5.56 Å². The van der Waals surface area contributed by atoms with Crippen molar-refractivity contribution in [2.24, 2.45) is 0 Å². The smallest absolute Gasteiger partial charge is 0.325 e. The van der Waals surface area contributed by atoms with Gasteiger partial charge in [-0.2, -0.15) is 0 Å². The fraction of sp³-hybridized carbons (Fsp3) is 0.240. The predicted molar refractivity (Wildman–Crippen MR) is 130 cm³/mol. The normalized spacial score (nSPS) is 11.1. The molecule has 0 saturated carbocycles. The molecule has 0 aliphatic rings. The minimum Gasteiger partial charge on any atom is -0.325 e. The molecule has 0 spiro atoms. The first-order valence-corrected chi connectivity index (χ1v) is 11.4. The Bertz CT molecular complexity index is 1430. The Morgan fingerprint density at radius 1 is 0.969 bits per heavy atom. The summed E-state index contributed by atoms with van der Waals surface area (Å²) in [5.74, 6) is -0.316. The van der Waals surface area contributed by atoms with E-state index in [2.05, 4.69) is 5.32 Å². The van der Waals surface area contributed by atoms with E-state index in [0.29, 0.717) is 15.9 Å². The molecule has 6 nitrogen and oxygen atoms in total. The lowest BCUT2D eigenvalue weighted by molar-refractivity contribution is -0.116. The summed E-state index contributed by atoms with van der Waals surface area (Å²) in [5, 5.41) is 4.63. The minimum atomic E-state index is -0.489. The highest BCUT2D eigenvalue weighted by Crippen LogP contribution is 2.17. The maximum Gasteiger partial charge on any atom is 0.332 e. The van der Waals surface area contributed by atoms with Crippen LogP contribution >= 0.6 is 11.3 Å². The SMILES string of the molecule is CCc1cccc(NC(=O)Cn2c(=O)n(Cc3ccc(C)c(C)c3)c(=O)c3sccc32)c1. The van der Waals surface area contributed by atoms with Gasteiger partial charge in [-0.05, 0) is 66.1 Å². The third-order valence-electron chi connectivity index (χ3n) is 5.67. The van der Waals surface area contributed by atoms with Crippen LogP contribution in [0.1, 0.15) is 29.2 Å². The van der Waals surface area contributed by atoms with E-state index in [1.54, 1.807) is 11.4 Å². The van der Waals surface area contributed by atoms with E-state index in [1.165, 1.54) is 20.5 Å². The highest BCUT2D eigenvalue weighted by molar-refractivity contribution is 7.17. The van der Waals surface area contributed by atoms with Crippen molar-refractivity contribution < 1.29 is 4.79 Å². The fourth-order valence-electron chi connectivity index (χ4n) is 3.72. The number of benzene rings is 2. The number of hydrogen-bond donors (Lipinski definition) is 1. The average molecular weight is 448 g/mol. The molecular weight excluding hydrogens is 422 g/mol. The van der Waals surface area contributed by atoms with Crippen molar-refractivity contribution in [3.05, 3.63) is 97.0 Å². The van der Waals surface area contributed by atoms with Gasteiger partial charge in [-0.1, -0.05) is 37.3 Å². The third-order valence-corrected chi connectivity index (χ3v) is 6.56. The first-order chi connectivity index (χ1) is 15.4. The van der Waals surface area contributed by atoms with Gasteiger partial charge in [0.05, 0.1) is 12.1 Å². The number of nitrogens with one attached hydrogen (secondary N) is 1. The van der Waals surface area contributed by atoms with Crippen LogP contribution in [-0.2, 0) is 24.3 Å². The van der Waals surface area contributed by atoms with E-state index in [9.17, 15) is 14.4 Å². The molecule has 0 unspecified atom stereocenters. The van der Waals surface area contributed by atoms with Crippen LogP contribution in [0.25, 0.3) is 10.2 Å². The third kappa shape index (κ3) is 4.29. The summed E-state index contributed by atoms with van der Waals surface area (Å²) < 4.78 is 3.07. The quantitative estimate of drug-likeness (QED) is 0.484. The van der Waals surface area contributed by atoms with Crippen molar-refractivity contribution >= 4 is 33.1 Å². The van der Waals surface area contributed by atoms with Crippen LogP contribution in [0, 0.1) is 13.8 Å². The number of aromatic nitrogens is 2. The first kappa shape index (κ1) is 21.8. The second-order valence-electron chi connectivity index (χ2n) is 7.92. The Morgan fingerprint density at radius 3 is 2.53 bits per heavy atom. The van der Waals surface area contributed by atoms with Gasteiger partial charge in [0, 0.05) is 5.69 Å². The second-order valence-corrected chi connectivity index (χ2v) is 8.83. The van der Waals surface area contributed by atoms with Crippen molar-refractivity contribution in [1.82, 2.24) is 9.13 Å². The van der Waals surface area contributed by atoms with Crippen LogP contribution in [0.3, 0.4) is 0 Å². The van der Waals surface area contributed by atoms with Crippen LogP contribution in [0.2, 0.25) is 0 Å². The lowest BCUT2D eigenvalue weighted by atomic mass is 10.1. The van der Waals surface area contributed by atoms with Crippen molar-refractivity contribution in [1.29, 1.82) is 0 Å². The van der Waals surface area contributed by atoms with Gasteiger partial charge in [-0.3, -0.25) is 18.7 Å². The fourth-order valence-corrected chi connectivity index (χ4v) is 4.57. The predicted octanol–water partition coefficient (Wildman–Crippen LogP) is 4.09. The molecule has 2 heterocycles. The van der Waals surface area contributed by atoms with E-state index in [4.69, 9.17) is 0 Å². The van der Waals surface area contributed by atoms with Gasteiger partial charge in [-0.15, -0.1) is 11.3 Å². The zero-order valence-corrected chi connectivity index (χ0v) is 19.2. The largest absolute Gasteiger partial charge is 0.332 e. The number of anilines is 1. The zero-order valence-electron chi connectivity index (χ0n) is 18.3. The van der Waals surface area contributed by atoms with Gasteiger partial charge >= 0.3 is 5.69 Å². The van der Waals surface area contributed by atoms with Crippen molar-refractivity contribution in [3.63, 3.8) is 0 Å². The van der Waals surface area contributed by atoms with E-state index < -0.39 is 5.69 Å². The van der Waals surface area contributed by atoms with E-state index in [-0.39, 0.29) is 24.6 Å². The van der Waals surface area contributed by atoms with Crippen molar-refractivity contribution in [2.45, 2.75) is 40.3 Å². The maximum atomic E-state index is 13.3. The lowest BCUT2D eigenvalue weighted by Crippen LogP contribution is -2.41. The molecule has 2 aromatic carbocycles. The van der Waals surface area contributed by atoms with Crippen molar-refractivity contribution in [2.75, 3.05) is 5.32 Å². The van der Waals surface area contributed by atoms with Crippen molar-refractivity contribution in [3.8, 4) is 0 Å². The Balaban J connectivity index is 1.70. The van der Waals surface area contributed by atoms with Gasteiger partial charge in [0.15, 0.2) is 0 Å². The number of rotatable bonds is 6. The lowest BCUT2D eigenvalue weighted by Gasteiger charge is -2.13. The number of thiophene rings is 1. The Hall–Kier alpha value is -3.45. The van der Waals surface area contributed by atoms with Gasteiger partial charge < -0.3 is 5.32 Å². The Morgan fingerprint density at radius 2 is 1.78 bits per heavy atom. The average Bonchev–Trinajstić information content (AvgIpc) is 3.27. The van der Waals surface area contributed by atoms with E-state index in [0.717, 1.165) is 28.7 Å². The van der Waals surface area contributed by atoms with Crippen LogP contribution in [0.4, 0.5) is 5.69 Å². The van der Waals surface area contributed by atoms with E-state index >= 15 is 0 Å². The monoisotopic (exact) mass is 447 g/mol. The standard InChI is InChI=1S/C25H25N3O3S/c1-4-18-6-5-7-20(13-18)26-22(29)15-27-21-10-11-32-23(21)24(30)28(25(27)31)14-19-9-8-16(2)17(3)12-19/h5-13H,4,14-15H2,1-3H3,(H,26,29). The summed E-state index contributed by atoms with van der Waals surface area (Å²) in [5.41, 5.74) is 4.59. The summed E-state index contributed by atoms with van der Waals surface area (Å²) in [6.45, 7) is 6.06. The molecule has 32 heavy (non-hydrogen) atoms. The second kappa shape index (κ2) is 8.96. The molecule has 0 bridgehead atoms. The zero-order chi connectivity index (χ0) is 22.8. The molecule has 0 radical (unpaired) electrons. The molecule has 4 rings (SSSR count). The Kier molecular flexibility index (Phi) is 6.10. The number of carbonyl (C=O) groups is 1. The summed E-state index contributed by atoms with van der Waals surface area (Å²) in [6.07, 6.45) is 0.863. The summed E-state index contributed by atoms with van der Waals surface area (Å²) in [6, 6.07) is 15.2. The number of aryl methyl sites for hydroxylation is 3. The van der Waals surface area contributed by atoms with Gasteiger partial charge in [-0.25, -0.2) is 4.79 Å². The van der Waals surface area contributed by atoms with Crippen LogP contribution in [-0.4, -0.2) is 15.0 Å². The molecule has 0 saturated heterocycles. The molecule has 0 aliphatic heterocycles. The topological polar surface area (TPSA) is 73.1 Å².